The molecule has 1 aromatic rings. The summed E-state index contributed by atoms with van der Waals surface area (Å²) in [6, 6.07) is 4.79. The van der Waals surface area contributed by atoms with Crippen molar-refractivity contribution in [2.24, 2.45) is 5.41 Å². The number of rotatable bonds is 6. The first-order valence-corrected chi connectivity index (χ1v) is 7.78. The van der Waals surface area contributed by atoms with Gasteiger partial charge in [-0.1, -0.05) is 24.6 Å². The highest BCUT2D eigenvalue weighted by atomic mass is 35.5. The van der Waals surface area contributed by atoms with Crippen LogP contribution < -0.4 is 10.1 Å². The van der Waals surface area contributed by atoms with Crippen molar-refractivity contribution in [3.05, 3.63) is 40.9 Å². The average molecular weight is 292 g/mol. The maximum absolute atomic E-state index is 6.24. The lowest BCUT2D eigenvalue weighted by atomic mass is 9.83. The molecule has 0 spiro atoms. The van der Waals surface area contributed by atoms with Gasteiger partial charge in [0.2, 0.25) is 0 Å². The van der Waals surface area contributed by atoms with Crippen molar-refractivity contribution in [2.75, 3.05) is 13.2 Å². The Morgan fingerprint density at radius 1 is 1.50 bits per heavy atom. The fraction of sp³-hybridized carbons (Fsp3) is 0.529. The monoisotopic (exact) mass is 291 g/mol. The molecule has 1 fully saturated rings. The van der Waals surface area contributed by atoms with E-state index < -0.39 is 0 Å². The van der Waals surface area contributed by atoms with Crippen LogP contribution in [0.4, 0.5) is 0 Å². The number of ether oxygens (including phenoxy) is 1. The predicted octanol–water partition coefficient (Wildman–Crippen LogP) is 3.76. The SMILES string of the molecule is C=CC(C)(CNC1CC1)Cc1cc(Cl)cc2c1OCC2. The Labute approximate surface area is 126 Å². The van der Waals surface area contributed by atoms with Gasteiger partial charge in [0.1, 0.15) is 5.75 Å². The fourth-order valence-electron chi connectivity index (χ4n) is 2.78. The third-order valence-corrected chi connectivity index (χ3v) is 4.50. The highest BCUT2D eigenvalue weighted by Crippen LogP contribution is 2.37. The molecule has 20 heavy (non-hydrogen) atoms. The van der Waals surface area contributed by atoms with Gasteiger partial charge in [-0.05, 0) is 42.5 Å². The molecule has 1 atom stereocenters. The summed E-state index contributed by atoms with van der Waals surface area (Å²) in [5.74, 6) is 1.05. The topological polar surface area (TPSA) is 21.3 Å². The number of halogens is 1. The average Bonchev–Trinajstić information content (AvgIpc) is 3.13. The highest BCUT2D eigenvalue weighted by Gasteiger charge is 2.29. The molecule has 1 saturated carbocycles. The molecule has 1 aliphatic heterocycles. The van der Waals surface area contributed by atoms with Gasteiger partial charge in [0.05, 0.1) is 6.61 Å². The minimum absolute atomic E-state index is 0.0347. The van der Waals surface area contributed by atoms with Gasteiger partial charge >= 0.3 is 0 Å². The first-order valence-electron chi connectivity index (χ1n) is 7.41. The standard InChI is InChI=1S/C17H22ClNO/c1-3-17(2,11-19-15-4-5-15)10-13-9-14(18)8-12-6-7-20-16(12)13/h3,8-9,15,19H,1,4-7,10-11H2,2H3. The molecule has 2 nitrogen and oxygen atoms in total. The summed E-state index contributed by atoms with van der Waals surface area (Å²) in [4.78, 5) is 0. The molecule has 0 aromatic heterocycles. The summed E-state index contributed by atoms with van der Waals surface area (Å²) >= 11 is 6.24. The van der Waals surface area contributed by atoms with Gasteiger partial charge in [-0.15, -0.1) is 6.58 Å². The van der Waals surface area contributed by atoms with Crippen LogP contribution in [0.3, 0.4) is 0 Å². The Morgan fingerprint density at radius 2 is 2.30 bits per heavy atom. The number of hydrogen-bond acceptors (Lipinski definition) is 2. The van der Waals surface area contributed by atoms with E-state index >= 15 is 0 Å². The normalized spacial score (nSPS) is 20.1. The number of fused-ring (bicyclic) bond motifs is 1. The van der Waals surface area contributed by atoms with Crippen LogP contribution in [-0.2, 0) is 12.8 Å². The quantitative estimate of drug-likeness (QED) is 0.806. The molecule has 3 rings (SSSR count). The van der Waals surface area contributed by atoms with Gasteiger partial charge < -0.3 is 10.1 Å². The number of hydrogen-bond donors (Lipinski definition) is 1. The largest absolute Gasteiger partial charge is 0.493 e. The van der Waals surface area contributed by atoms with Gasteiger partial charge in [-0.25, -0.2) is 0 Å². The zero-order chi connectivity index (χ0) is 14.2. The van der Waals surface area contributed by atoms with Crippen LogP contribution in [0.15, 0.2) is 24.8 Å². The van der Waals surface area contributed by atoms with Crippen molar-refractivity contribution in [3.63, 3.8) is 0 Å². The zero-order valence-electron chi connectivity index (χ0n) is 12.0. The fourth-order valence-corrected chi connectivity index (χ4v) is 3.05. The van der Waals surface area contributed by atoms with E-state index in [2.05, 4.69) is 24.9 Å². The molecule has 0 bridgehead atoms. The molecule has 1 aliphatic carbocycles. The Balaban J connectivity index is 1.79. The Morgan fingerprint density at radius 3 is 3.00 bits per heavy atom. The van der Waals surface area contributed by atoms with Gasteiger partial charge in [0.15, 0.2) is 0 Å². The summed E-state index contributed by atoms with van der Waals surface area (Å²) in [6.07, 6.45) is 6.56. The van der Waals surface area contributed by atoms with Gasteiger partial charge in [0.25, 0.3) is 0 Å². The molecule has 108 valence electrons. The molecular weight excluding hydrogens is 270 g/mol. The van der Waals surface area contributed by atoms with Crippen LogP contribution in [0.5, 0.6) is 5.75 Å². The summed E-state index contributed by atoms with van der Waals surface area (Å²) < 4.78 is 5.80. The smallest absolute Gasteiger partial charge is 0.125 e. The molecule has 0 saturated heterocycles. The first kappa shape index (κ1) is 14.0. The van der Waals surface area contributed by atoms with E-state index in [9.17, 15) is 0 Å². The minimum Gasteiger partial charge on any atom is -0.493 e. The van der Waals surface area contributed by atoms with Gasteiger partial charge in [0, 0.05) is 29.4 Å². The van der Waals surface area contributed by atoms with E-state index in [0.29, 0.717) is 0 Å². The summed E-state index contributed by atoms with van der Waals surface area (Å²) in [7, 11) is 0. The molecule has 1 N–H and O–H groups in total. The van der Waals surface area contributed by atoms with Crippen molar-refractivity contribution in [3.8, 4) is 5.75 Å². The van der Waals surface area contributed by atoms with E-state index in [1.807, 2.05) is 12.1 Å². The molecule has 2 aliphatic rings. The van der Waals surface area contributed by atoms with E-state index in [1.54, 1.807) is 0 Å². The van der Waals surface area contributed by atoms with Crippen molar-refractivity contribution in [1.82, 2.24) is 5.32 Å². The van der Waals surface area contributed by atoms with Crippen molar-refractivity contribution in [1.29, 1.82) is 0 Å². The van der Waals surface area contributed by atoms with E-state index in [4.69, 9.17) is 16.3 Å². The van der Waals surface area contributed by atoms with E-state index in [-0.39, 0.29) is 5.41 Å². The van der Waals surface area contributed by atoms with E-state index in [1.165, 1.54) is 24.0 Å². The van der Waals surface area contributed by atoms with Crippen LogP contribution in [0, 0.1) is 5.41 Å². The van der Waals surface area contributed by atoms with Crippen molar-refractivity contribution >= 4 is 11.6 Å². The molecular formula is C17H22ClNO. The van der Waals surface area contributed by atoms with Crippen LogP contribution in [0.1, 0.15) is 30.9 Å². The molecule has 0 radical (unpaired) electrons. The summed E-state index contributed by atoms with van der Waals surface area (Å²) in [6.45, 7) is 8.01. The molecule has 3 heteroatoms. The highest BCUT2D eigenvalue weighted by molar-refractivity contribution is 6.30. The van der Waals surface area contributed by atoms with Crippen LogP contribution in [0.2, 0.25) is 5.02 Å². The summed E-state index contributed by atoms with van der Waals surface area (Å²) in [5, 5.41) is 4.42. The predicted molar refractivity (Wildman–Crippen MR) is 83.7 cm³/mol. The van der Waals surface area contributed by atoms with Crippen LogP contribution in [0.25, 0.3) is 0 Å². The lowest BCUT2D eigenvalue weighted by Crippen LogP contribution is -2.33. The van der Waals surface area contributed by atoms with Crippen molar-refractivity contribution < 1.29 is 4.74 Å². The summed E-state index contributed by atoms with van der Waals surface area (Å²) in [5.41, 5.74) is 2.49. The number of benzene rings is 1. The third kappa shape index (κ3) is 3.02. The molecule has 1 heterocycles. The second-order valence-electron chi connectivity index (χ2n) is 6.34. The Kier molecular flexibility index (Phi) is 3.78. The zero-order valence-corrected chi connectivity index (χ0v) is 12.8. The number of nitrogens with one attached hydrogen (secondary N) is 1. The Hall–Kier alpha value is -0.990. The lowest BCUT2D eigenvalue weighted by molar-refractivity contribution is 0.341. The third-order valence-electron chi connectivity index (χ3n) is 4.28. The van der Waals surface area contributed by atoms with E-state index in [0.717, 1.165) is 42.8 Å². The first-order chi connectivity index (χ1) is 9.59. The maximum Gasteiger partial charge on any atom is 0.125 e. The van der Waals surface area contributed by atoms with Gasteiger partial charge in [-0.3, -0.25) is 0 Å². The second kappa shape index (κ2) is 5.42. The molecule has 1 aromatic carbocycles. The van der Waals surface area contributed by atoms with Crippen LogP contribution >= 0.6 is 11.6 Å². The minimum atomic E-state index is 0.0347. The van der Waals surface area contributed by atoms with Gasteiger partial charge in [-0.2, -0.15) is 0 Å². The van der Waals surface area contributed by atoms with Crippen LogP contribution in [-0.4, -0.2) is 19.2 Å². The second-order valence-corrected chi connectivity index (χ2v) is 6.78. The molecule has 0 amide bonds. The molecule has 1 unspecified atom stereocenters. The van der Waals surface area contributed by atoms with Crippen molar-refractivity contribution in [2.45, 2.75) is 38.6 Å². The maximum atomic E-state index is 6.24. The Bertz CT molecular complexity index is 524. The lowest BCUT2D eigenvalue weighted by Gasteiger charge is -2.27.